The average Bonchev–Trinajstić information content (AvgIpc) is 2.91. The van der Waals surface area contributed by atoms with Crippen molar-refractivity contribution >= 4 is 50.0 Å². The normalized spacial score (nSPS) is 28.1. The number of halogens is 1. The Morgan fingerprint density at radius 1 is 1.36 bits per heavy atom. The van der Waals surface area contributed by atoms with Crippen LogP contribution in [0.5, 0.6) is 0 Å². The second kappa shape index (κ2) is 5.86. The number of carbonyl (C=O) groups is 1. The van der Waals surface area contributed by atoms with E-state index in [0.29, 0.717) is 16.6 Å². The lowest BCUT2D eigenvalue weighted by Crippen LogP contribution is -2.37. The van der Waals surface area contributed by atoms with Crippen LogP contribution in [0.4, 0.5) is 5.69 Å². The highest BCUT2D eigenvalue weighted by molar-refractivity contribution is 8.16. The molecule has 2 fully saturated rings. The molecule has 1 aromatic rings. The van der Waals surface area contributed by atoms with E-state index in [1.807, 2.05) is 17.0 Å². The van der Waals surface area contributed by atoms with Crippen LogP contribution in [0.25, 0.3) is 0 Å². The Morgan fingerprint density at radius 3 is 2.68 bits per heavy atom. The zero-order valence-corrected chi connectivity index (χ0v) is 14.3. The topological polar surface area (TPSA) is 66.8 Å². The van der Waals surface area contributed by atoms with Crippen LogP contribution in [0, 0.1) is 0 Å². The van der Waals surface area contributed by atoms with Crippen LogP contribution in [0.1, 0.15) is 13.3 Å². The van der Waals surface area contributed by atoms with Crippen LogP contribution in [-0.4, -0.2) is 42.3 Å². The Bertz CT molecular complexity index is 731. The molecule has 2 saturated heterocycles. The van der Waals surface area contributed by atoms with Crippen LogP contribution >= 0.6 is 23.4 Å². The summed E-state index contributed by atoms with van der Waals surface area (Å²) < 4.78 is 23.8. The number of nitrogens with zero attached hydrogens (tertiary/aromatic N) is 2. The van der Waals surface area contributed by atoms with Crippen molar-refractivity contribution in [3.05, 3.63) is 29.3 Å². The van der Waals surface area contributed by atoms with Gasteiger partial charge in [-0.1, -0.05) is 30.3 Å². The molecule has 2 heterocycles. The van der Waals surface area contributed by atoms with E-state index < -0.39 is 9.84 Å². The summed E-state index contributed by atoms with van der Waals surface area (Å²) in [6.07, 6.45) is 0.326. The van der Waals surface area contributed by atoms with Crippen LogP contribution < -0.4 is 4.90 Å². The average molecular weight is 359 g/mol. The standard InChI is InChI=1S/C14H15ClN2O3S2/c1-2-13(18)16-14-17(10-5-3-9(15)4-6-10)11-7-22(19,20)8-12(11)21-14/h3-6,11-12H,2,7-8H2,1H3/t11-,12+/m0/s1. The number of rotatable bonds is 2. The minimum Gasteiger partial charge on any atom is -0.316 e. The minimum absolute atomic E-state index is 0.0796. The highest BCUT2D eigenvalue weighted by Gasteiger charge is 2.49. The zero-order valence-electron chi connectivity index (χ0n) is 11.9. The number of anilines is 1. The fraction of sp³-hybridized carbons (Fsp3) is 0.429. The lowest BCUT2D eigenvalue weighted by Gasteiger charge is -2.24. The second-order valence-electron chi connectivity index (χ2n) is 5.29. The first kappa shape index (κ1) is 15.8. The molecule has 0 bridgehead atoms. The van der Waals surface area contributed by atoms with Gasteiger partial charge in [-0.2, -0.15) is 4.99 Å². The molecule has 1 aromatic carbocycles. The fourth-order valence-electron chi connectivity index (χ4n) is 2.65. The number of hydrogen-bond acceptors (Lipinski definition) is 4. The van der Waals surface area contributed by atoms with E-state index in [1.165, 1.54) is 11.8 Å². The summed E-state index contributed by atoms with van der Waals surface area (Å²) >= 11 is 7.29. The fourth-order valence-corrected chi connectivity index (χ4v) is 6.71. The Labute approximate surface area is 138 Å². The molecule has 0 aliphatic carbocycles. The van der Waals surface area contributed by atoms with Crippen LogP contribution in [0.2, 0.25) is 5.02 Å². The third-order valence-corrected chi connectivity index (χ3v) is 7.16. The first-order valence-electron chi connectivity index (χ1n) is 6.93. The van der Waals surface area contributed by atoms with Gasteiger partial charge in [0.2, 0.25) is 5.91 Å². The number of carbonyl (C=O) groups excluding carboxylic acids is 1. The molecule has 0 aromatic heterocycles. The third-order valence-electron chi connectivity index (χ3n) is 3.69. The summed E-state index contributed by atoms with van der Waals surface area (Å²) in [6, 6.07) is 6.96. The van der Waals surface area contributed by atoms with E-state index >= 15 is 0 Å². The molecule has 22 heavy (non-hydrogen) atoms. The van der Waals surface area contributed by atoms with Crippen molar-refractivity contribution in [2.24, 2.45) is 4.99 Å². The van der Waals surface area contributed by atoms with E-state index in [1.54, 1.807) is 19.1 Å². The van der Waals surface area contributed by atoms with Crippen LogP contribution in [-0.2, 0) is 14.6 Å². The number of sulfone groups is 1. The van der Waals surface area contributed by atoms with E-state index in [-0.39, 0.29) is 28.7 Å². The molecule has 3 rings (SSSR count). The van der Waals surface area contributed by atoms with Gasteiger partial charge in [0.05, 0.1) is 17.5 Å². The van der Waals surface area contributed by atoms with Gasteiger partial charge in [-0.15, -0.1) is 0 Å². The molecule has 0 unspecified atom stereocenters. The maximum atomic E-state index is 11.9. The Hall–Kier alpha value is -1.05. The first-order chi connectivity index (χ1) is 10.4. The summed E-state index contributed by atoms with van der Waals surface area (Å²) in [5.41, 5.74) is 0.809. The molecular weight excluding hydrogens is 344 g/mol. The number of aliphatic imine (C=N–C) groups is 1. The number of amidine groups is 1. The molecule has 0 saturated carbocycles. The van der Waals surface area contributed by atoms with Crippen molar-refractivity contribution in [2.45, 2.75) is 24.6 Å². The minimum atomic E-state index is -3.04. The van der Waals surface area contributed by atoms with Gasteiger partial charge < -0.3 is 4.90 Å². The predicted octanol–water partition coefficient (Wildman–Crippen LogP) is 2.35. The van der Waals surface area contributed by atoms with Crippen LogP contribution in [0.15, 0.2) is 29.3 Å². The molecule has 2 aliphatic heterocycles. The number of thioether (sulfide) groups is 1. The van der Waals surface area contributed by atoms with Crippen molar-refractivity contribution in [3.63, 3.8) is 0 Å². The molecule has 8 heteroatoms. The maximum Gasteiger partial charge on any atom is 0.247 e. The summed E-state index contributed by atoms with van der Waals surface area (Å²) in [7, 11) is -3.04. The lowest BCUT2D eigenvalue weighted by atomic mass is 10.2. The molecule has 2 atom stereocenters. The van der Waals surface area contributed by atoms with Crippen molar-refractivity contribution in [1.82, 2.24) is 0 Å². The van der Waals surface area contributed by atoms with E-state index in [4.69, 9.17) is 11.6 Å². The Kier molecular flexibility index (Phi) is 4.22. The zero-order chi connectivity index (χ0) is 15.9. The van der Waals surface area contributed by atoms with Crippen molar-refractivity contribution in [3.8, 4) is 0 Å². The number of fused-ring (bicyclic) bond motifs is 1. The van der Waals surface area contributed by atoms with Gasteiger partial charge in [-0.05, 0) is 24.3 Å². The number of hydrogen-bond donors (Lipinski definition) is 0. The van der Waals surface area contributed by atoms with Gasteiger partial charge in [-0.25, -0.2) is 8.42 Å². The summed E-state index contributed by atoms with van der Waals surface area (Å²) in [4.78, 5) is 17.7. The van der Waals surface area contributed by atoms with Gasteiger partial charge >= 0.3 is 0 Å². The molecule has 0 spiro atoms. The smallest absolute Gasteiger partial charge is 0.247 e. The largest absolute Gasteiger partial charge is 0.316 e. The van der Waals surface area contributed by atoms with Gasteiger partial charge in [0, 0.05) is 22.4 Å². The third kappa shape index (κ3) is 3.02. The summed E-state index contributed by atoms with van der Waals surface area (Å²) in [5.74, 6) is 0.0163. The SMILES string of the molecule is CCC(=O)N=C1S[C@@H]2CS(=O)(=O)C[C@@H]2N1c1ccc(Cl)cc1. The number of benzene rings is 1. The predicted molar refractivity (Wildman–Crippen MR) is 90.5 cm³/mol. The molecule has 2 aliphatic rings. The summed E-state index contributed by atoms with van der Waals surface area (Å²) in [5, 5.41) is 1.11. The van der Waals surface area contributed by atoms with E-state index in [0.717, 1.165) is 5.69 Å². The van der Waals surface area contributed by atoms with E-state index in [2.05, 4.69) is 4.99 Å². The highest BCUT2D eigenvalue weighted by Crippen LogP contribution is 2.41. The number of amides is 1. The molecule has 0 radical (unpaired) electrons. The molecule has 5 nitrogen and oxygen atoms in total. The van der Waals surface area contributed by atoms with Crippen LogP contribution in [0.3, 0.4) is 0 Å². The highest BCUT2D eigenvalue weighted by atomic mass is 35.5. The monoisotopic (exact) mass is 358 g/mol. The molecule has 118 valence electrons. The first-order valence-corrected chi connectivity index (χ1v) is 10.0. The van der Waals surface area contributed by atoms with Gasteiger partial charge in [0.25, 0.3) is 0 Å². The van der Waals surface area contributed by atoms with Gasteiger partial charge in [-0.3, -0.25) is 4.79 Å². The second-order valence-corrected chi connectivity index (χ2v) is 9.09. The summed E-state index contributed by atoms with van der Waals surface area (Å²) in [6.45, 7) is 1.75. The Morgan fingerprint density at radius 2 is 2.05 bits per heavy atom. The molecular formula is C14H15ClN2O3S2. The van der Waals surface area contributed by atoms with Gasteiger partial charge in [0.1, 0.15) is 0 Å². The lowest BCUT2D eigenvalue weighted by molar-refractivity contribution is -0.117. The van der Waals surface area contributed by atoms with E-state index in [9.17, 15) is 13.2 Å². The van der Waals surface area contributed by atoms with Crippen molar-refractivity contribution < 1.29 is 13.2 Å². The van der Waals surface area contributed by atoms with Crippen molar-refractivity contribution in [2.75, 3.05) is 16.4 Å². The van der Waals surface area contributed by atoms with Gasteiger partial charge in [0.15, 0.2) is 15.0 Å². The Balaban J connectivity index is 2.01. The molecule has 1 amide bonds. The molecule has 0 N–H and O–H groups in total. The maximum absolute atomic E-state index is 11.9. The van der Waals surface area contributed by atoms with Crippen molar-refractivity contribution in [1.29, 1.82) is 0 Å². The quantitative estimate of drug-likeness (QED) is 0.811.